The largest absolute Gasteiger partial charge is 4.00 e. The second kappa shape index (κ2) is 95.5. The minimum Gasteiger partial charge on any atom is -0.412 e. The predicted octanol–water partition coefficient (Wildman–Crippen LogP) is 26.7. The van der Waals surface area contributed by atoms with Crippen molar-refractivity contribution in [3.8, 4) is 0 Å². The summed E-state index contributed by atoms with van der Waals surface area (Å²) in [4.78, 5) is 0. The van der Waals surface area contributed by atoms with Crippen LogP contribution in [0.25, 0.3) is 0 Å². The van der Waals surface area contributed by atoms with Crippen LogP contribution in [0.5, 0.6) is 0 Å². The number of rotatable bonds is 68. The summed E-state index contributed by atoms with van der Waals surface area (Å²) in [6.07, 6.45) is 90.3. The standard InChI is InChI=1S/4C19H39NS2.Mo/c4*1-2-3-4-5-6-7-8-9-10-11-12-13-14-15-16-17-18-20-19(21)22;/h4*2-18H2,1H3,(H2,20,21,22);/q;;;;+4/p-4. The van der Waals surface area contributed by atoms with Gasteiger partial charge in [0.05, 0.1) is 0 Å². The molecular weight excluding hydrogens is 1320 g/mol. The Morgan fingerprint density at radius 3 is 0.326 bits per heavy atom. The summed E-state index contributed by atoms with van der Waals surface area (Å²) in [5, 5.41) is 12.2. The topological polar surface area (TPSA) is 48.1 Å². The third kappa shape index (κ3) is 114. The summed E-state index contributed by atoms with van der Waals surface area (Å²) < 4.78 is 2.06. The van der Waals surface area contributed by atoms with Crippen LogP contribution in [0, 0.1) is 0 Å². The molecule has 0 fully saturated rings. The van der Waals surface area contributed by atoms with Crippen LogP contribution in [0.3, 0.4) is 0 Å². The normalized spacial score (nSPS) is 10.7. The first-order valence-electron chi connectivity index (χ1n) is 38.9. The third-order valence-electron chi connectivity index (χ3n) is 17.2. The van der Waals surface area contributed by atoms with E-state index >= 15 is 0 Å². The number of thiocarbonyl (C=S) groups is 4. The number of nitrogens with one attached hydrogen (secondary N) is 4. The Hall–Kier alpha value is 1.13. The van der Waals surface area contributed by atoms with Crippen molar-refractivity contribution in [3.63, 3.8) is 0 Å². The van der Waals surface area contributed by atoms with E-state index in [4.69, 9.17) is 99.4 Å². The Labute approximate surface area is 618 Å². The van der Waals surface area contributed by atoms with Crippen molar-refractivity contribution >= 4 is 117 Å². The van der Waals surface area contributed by atoms with Crippen LogP contribution in [-0.4, -0.2) is 43.5 Å². The summed E-state index contributed by atoms with van der Waals surface area (Å²) in [5.41, 5.74) is 0. The monoisotopic (exact) mass is 1470 g/mol. The second-order valence-electron chi connectivity index (χ2n) is 26.1. The van der Waals surface area contributed by atoms with Crippen molar-refractivity contribution in [2.75, 3.05) is 26.2 Å². The molecule has 89 heavy (non-hydrogen) atoms. The molecule has 0 aromatic carbocycles. The molecule has 0 aromatic heterocycles. The Balaban J connectivity index is -0.000000351. The molecule has 0 saturated carbocycles. The summed E-state index contributed by atoms with van der Waals surface area (Å²) in [6, 6.07) is 0. The molecule has 0 aromatic rings. The van der Waals surface area contributed by atoms with Gasteiger partial charge in [-0.3, -0.25) is 0 Å². The SMILES string of the molecule is CCCCCCCCCCCCCCCCCCNC(=S)[S-].CCCCCCCCCCCCCCCCCCNC(=S)[S-].CCCCCCCCCCCCCCCCCCNC(=S)[S-].CCCCCCCCCCCCCCCCCCNC(=S)[S-].[Mo+4]. The van der Waals surface area contributed by atoms with Gasteiger partial charge in [-0.15, -0.1) is 0 Å². The molecule has 0 spiro atoms. The molecule has 0 aliphatic heterocycles. The zero-order chi connectivity index (χ0) is 65.2. The average molecular weight is 1470 g/mol. The fourth-order valence-electron chi connectivity index (χ4n) is 11.5. The van der Waals surface area contributed by atoms with Crippen molar-refractivity contribution < 1.29 is 21.1 Å². The molecule has 0 aliphatic rings. The summed E-state index contributed by atoms with van der Waals surface area (Å²) >= 11 is 38.5. The van der Waals surface area contributed by atoms with Gasteiger partial charge in [-0.2, -0.15) is 0 Å². The van der Waals surface area contributed by atoms with Gasteiger partial charge < -0.3 is 121 Å². The van der Waals surface area contributed by atoms with Gasteiger partial charge in [0.15, 0.2) is 0 Å². The Morgan fingerprint density at radius 1 is 0.169 bits per heavy atom. The zero-order valence-corrected chi connectivity index (χ0v) is 68.3. The molecule has 0 aliphatic carbocycles. The summed E-state index contributed by atoms with van der Waals surface area (Å²) in [6.45, 7) is 13.0. The van der Waals surface area contributed by atoms with Gasteiger partial charge in [-0.25, -0.2) is 0 Å². The fourth-order valence-corrected chi connectivity index (χ4v) is 12.3. The van der Waals surface area contributed by atoms with Crippen molar-refractivity contribution in [2.45, 2.75) is 439 Å². The van der Waals surface area contributed by atoms with Gasteiger partial charge in [0.2, 0.25) is 0 Å². The van der Waals surface area contributed by atoms with Crippen LogP contribution in [0.4, 0.5) is 0 Å². The molecule has 4 nitrogen and oxygen atoms in total. The number of hydrogen-bond donors (Lipinski definition) is 4. The van der Waals surface area contributed by atoms with E-state index in [1.165, 1.54) is 411 Å². The number of unbranched alkanes of at least 4 members (excludes halogenated alkanes) is 60. The summed E-state index contributed by atoms with van der Waals surface area (Å²) in [7, 11) is 0. The van der Waals surface area contributed by atoms with E-state index in [9.17, 15) is 0 Å². The maximum absolute atomic E-state index is 4.81. The molecule has 0 unspecified atom stereocenters. The van der Waals surface area contributed by atoms with Crippen molar-refractivity contribution in [3.05, 3.63) is 0 Å². The Morgan fingerprint density at radius 2 is 0.247 bits per heavy atom. The van der Waals surface area contributed by atoms with Crippen LogP contribution < -0.4 is 21.3 Å². The molecule has 4 N–H and O–H groups in total. The van der Waals surface area contributed by atoms with E-state index in [1.54, 1.807) is 0 Å². The Bertz CT molecular complexity index is 1130. The van der Waals surface area contributed by atoms with Gasteiger partial charge in [0.25, 0.3) is 0 Å². The molecule has 0 saturated heterocycles. The van der Waals surface area contributed by atoms with Crippen LogP contribution in [0.1, 0.15) is 439 Å². The predicted molar refractivity (Wildman–Crippen MR) is 430 cm³/mol. The molecular formula is C76H152MoN4S8. The van der Waals surface area contributed by atoms with Crippen LogP contribution in [-0.2, 0) is 71.6 Å². The second-order valence-corrected chi connectivity index (χ2v) is 30.4. The van der Waals surface area contributed by atoms with E-state index in [2.05, 4.69) is 49.0 Å². The van der Waals surface area contributed by atoms with Crippen molar-refractivity contribution in [2.24, 2.45) is 0 Å². The molecule has 0 heterocycles. The van der Waals surface area contributed by atoms with Crippen molar-refractivity contribution in [1.29, 1.82) is 0 Å². The molecule has 0 bridgehead atoms. The maximum atomic E-state index is 4.81. The van der Waals surface area contributed by atoms with Crippen LogP contribution in [0.15, 0.2) is 0 Å². The summed E-state index contributed by atoms with van der Waals surface area (Å²) in [5.74, 6) is 0. The van der Waals surface area contributed by atoms with E-state index in [0.29, 0.717) is 17.3 Å². The average Bonchev–Trinajstić information content (AvgIpc) is 3.50. The van der Waals surface area contributed by atoms with Crippen LogP contribution >= 0.6 is 48.9 Å². The molecule has 0 amide bonds. The number of hydrogen-bond acceptors (Lipinski definition) is 8. The first-order valence-corrected chi connectivity index (χ1v) is 42.1. The van der Waals surface area contributed by atoms with Gasteiger partial charge in [-0.1, -0.05) is 430 Å². The minimum absolute atomic E-state index is 0. The van der Waals surface area contributed by atoms with E-state index in [-0.39, 0.29) is 21.1 Å². The van der Waals surface area contributed by atoms with Crippen molar-refractivity contribution in [1.82, 2.24) is 21.3 Å². The van der Waals surface area contributed by atoms with Crippen LogP contribution in [0.2, 0.25) is 0 Å². The van der Waals surface area contributed by atoms with E-state index in [0.717, 1.165) is 26.2 Å². The quantitative estimate of drug-likeness (QED) is 0.0203. The smallest absolute Gasteiger partial charge is 0.412 e. The molecule has 0 radical (unpaired) electrons. The minimum atomic E-state index is 0. The van der Waals surface area contributed by atoms with Gasteiger partial charge >= 0.3 is 21.1 Å². The van der Waals surface area contributed by atoms with Gasteiger partial charge in [-0.05, 0) is 25.7 Å². The first-order chi connectivity index (χ1) is 43.1. The van der Waals surface area contributed by atoms with E-state index < -0.39 is 0 Å². The first kappa shape index (κ1) is 98.8. The van der Waals surface area contributed by atoms with E-state index in [1.807, 2.05) is 0 Å². The third-order valence-corrected chi connectivity index (χ3v) is 18.4. The Kier molecular flexibility index (Phi) is 106. The molecule has 0 rings (SSSR count). The van der Waals surface area contributed by atoms with Gasteiger partial charge in [0, 0.05) is 26.2 Å². The maximum Gasteiger partial charge on any atom is 4.00 e. The zero-order valence-electron chi connectivity index (χ0n) is 59.8. The van der Waals surface area contributed by atoms with Gasteiger partial charge in [0.1, 0.15) is 0 Å². The molecule has 530 valence electrons. The molecule has 13 heteroatoms. The fraction of sp³-hybridized carbons (Fsp3) is 0.947. The molecule has 0 atom stereocenters.